The van der Waals surface area contributed by atoms with E-state index >= 15 is 0 Å². The van der Waals surface area contributed by atoms with Gasteiger partial charge in [-0.1, -0.05) is 44.2 Å². The fraction of sp³-hybridized carbons (Fsp3) is 0.364. The number of rotatable bonds is 9. The van der Waals surface area contributed by atoms with Crippen molar-refractivity contribution in [3.8, 4) is 0 Å². The van der Waals surface area contributed by atoms with Crippen molar-refractivity contribution in [2.45, 2.75) is 46.0 Å². The smallest absolute Gasteiger partial charge is 0.388 e. The summed E-state index contributed by atoms with van der Waals surface area (Å²) in [6.07, 6.45) is 3.35. The van der Waals surface area contributed by atoms with Gasteiger partial charge in [-0.05, 0) is 30.9 Å². The number of carbonyl (C=O) groups excluding carboxylic acids is 3. The second kappa shape index (κ2) is 10.9. The Labute approximate surface area is 176 Å². The van der Waals surface area contributed by atoms with Crippen LogP contribution in [-0.4, -0.2) is 30.0 Å². The number of alkyl carbamates (subject to hydrolysis) is 1. The highest BCUT2D eigenvalue weighted by Crippen LogP contribution is 2.04. The Morgan fingerprint density at radius 2 is 1.73 bits per heavy atom. The number of hydrogen-bond donors (Lipinski definition) is 3. The average molecular weight is 413 g/mol. The van der Waals surface area contributed by atoms with E-state index in [0.29, 0.717) is 12.0 Å². The molecule has 0 aliphatic carbocycles. The number of nitrogens with zero attached hydrogens (tertiary/aromatic N) is 1. The molecule has 2 rings (SSSR count). The van der Waals surface area contributed by atoms with E-state index in [2.05, 4.69) is 10.6 Å². The van der Waals surface area contributed by atoms with Crippen molar-refractivity contribution in [2.75, 3.05) is 0 Å². The van der Waals surface area contributed by atoms with Gasteiger partial charge in [0, 0.05) is 12.1 Å². The predicted molar refractivity (Wildman–Crippen MR) is 111 cm³/mol. The summed E-state index contributed by atoms with van der Waals surface area (Å²) in [6.45, 7) is 5.43. The van der Waals surface area contributed by atoms with Gasteiger partial charge in [-0.3, -0.25) is 9.59 Å². The van der Waals surface area contributed by atoms with E-state index in [0.717, 1.165) is 5.56 Å². The molecule has 1 aromatic heterocycles. The number of ether oxygens (including phenoxy) is 1. The van der Waals surface area contributed by atoms with E-state index < -0.39 is 23.9 Å². The number of pyridine rings is 1. The second-order valence-corrected chi connectivity index (χ2v) is 7.50. The zero-order valence-electron chi connectivity index (χ0n) is 17.5. The zero-order valence-corrected chi connectivity index (χ0v) is 17.5. The summed E-state index contributed by atoms with van der Waals surface area (Å²) in [7, 11) is 0. The number of nitrogens with two attached hydrogens (primary N) is 1. The van der Waals surface area contributed by atoms with Crippen LogP contribution in [0.2, 0.25) is 0 Å². The lowest BCUT2D eigenvalue weighted by Crippen LogP contribution is -2.48. The summed E-state index contributed by atoms with van der Waals surface area (Å²) in [6, 6.07) is 12.2. The minimum absolute atomic E-state index is 0.0611. The summed E-state index contributed by atoms with van der Waals surface area (Å²) in [4.78, 5) is 36.0. The summed E-state index contributed by atoms with van der Waals surface area (Å²) in [5, 5.41) is 5.41. The highest BCUT2D eigenvalue weighted by molar-refractivity contribution is 5.96. The fourth-order valence-electron chi connectivity index (χ4n) is 2.92. The third-order valence-corrected chi connectivity index (χ3v) is 4.47. The Balaban J connectivity index is 1.88. The first kappa shape index (κ1) is 22.9. The molecular weight excluding hydrogens is 384 g/mol. The molecule has 0 fully saturated rings. The van der Waals surface area contributed by atoms with Crippen molar-refractivity contribution < 1.29 is 23.7 Å². The van der Waals surface area contributed by atoms with Gasteiger partial charge in [0.1, 0.15) is 11.6 Å². The van der Waals surface area contributed by atoms with Gasteiger partial charge >= 0.3 is 6.09 Å². The quantitative estimate of drug-likeness (QED) is 0.541. The molecule has 0 spiro atoms. The van der Waals surface area contributed by atoms with Crippen molar-refractivity contribution in [3.05, 3.63) is 66.0 Å². The lowest BCUT2D eigenvalue weighted by atomic mass is 10.0. The number of nitrogens with one attached hydrogen (secondary N) is 2. The van der Waals surface area contributed by atoms with Crippen molar-refractivity contribution >= 4 is 17.9 Å². The van der Waals surface area contributed by atoms with E-state index in [1.807, 2.05) is 37.3 Å². The third-order valence-electron chi connectivity index (χ3n) is 4.47. The van der Waals surface area contributed by atoms with Gasteiger partial charge in [-0.2, -0.15) is 4.57 Å². The van der Waals surface area contributed by atoms with Crippen LogP contribution < -0.4 is 20.9 Å². The minimum Gasteiger partial charge on any atom is -0.388 e. The molecule has 160 valence electrons. The SMILES string of the molecule is CC(C)[C@H](NC(=O)c1ccc[n+](COC(=O)N[C@@H](C)Cc2ccccc2)c1)C(N)=O. The first-order valence-electron chi connectivity index (χ1n) is 9.82. The molecule has 3 amide bonds. The van der Waals surface area contributed by atoms with Gasteiger partial charge in [0.05, 0.1) is 0 Å². The first-order valence-corrected chi connectivity index (χ1v) is 9.82. The molecule has 0 saturated heterocycles. The molecule has 2 atom stereocenters. The maximum absolute atomic E-state index is 12.4. The van der Waals surface area contributed by atoms with Crippen LogP contribution in [0.5, 0.6) is 0 Å². The van der Waals surface area contributed by atoms with E-state index in [1.165, 1.54) is 6.20 Å². The van der Waals surface area contributed by atoms with Crippen LogP contribution in [0.3, 0.4) is 0 Å². The van der Waals surface area contributed by atoms with Crippen molar-refractivity contribution in [3.63, 3.8) is 0 Å². The lowest BCUT2D eigenvalue weighted by molar-refractivity contribution is -0.727. The van der Waals surface area contributed by atoms with E-state index in [-0.39, 0.29) is 18.7 Å². The normalized spacial score (nSPS) is 12.7. The number of benzene rings is 1. The van der Waals surface area contributed by atoms with Crippen LogP contribution in [0, 0.1) is 5.92 Å². The van der Waals surface area contributed by atoms with Crippen LogP contribution in [0.4, 0.5) is 4.79 Å². The molecule has 8 heteroatoms. The van der Waals surface area contributed by atoms with Crippen molar-refractivity contribution in [1.82, 2.24) is 10.6 Å². The lowest BCUT2D eigenvalue weighted by Gasteiger charge is -2.18. The monoisotopic (exact) mass is 413 g/mol. The van der Waals surface area contributed by atoms with Gasteiger partial charge in [0.15, 0.2) is 12.4 Å². The minimum atomic E-state index is -0.765. The van der Waals surface area contributed by atoms with Gasteiger partial charge in [0.2, 0.25) is 5.91 Å². The molecule has 1 heterocycles. The molecule has 0 radical (unpaired) electrons. The zero-order chi connectivity index (χ0) is 22.1. The molecule has 1 aromatic carbocycles. The highest BCUT2D eigenvalue weighted by Gasteiger charge is 2.23. The molecule has 0 bridgehead atoms. The standard InChI is InChI=1S/C22H28N4O4/c1-15(2)19(20(23)27)25-21(28)18-10-7-11-26(13-18)14-30-22(29)24-16(3)12-17-8-5-4-6-9-17/h4-11,13,15-16,19H,12,14H2,1-3H3,(H3-,23,24,25,27,28,29)/p+1/t16-,19-/m0/s1. The van der Waals surface area contributed by atoms with Crippen LogP contribution in [-0.2, 0) is 22.7 Å². The molecule has 4 N–H and O–H groups in total. The van der Waals surface area contributed by atoms with E-state index in [1.54, 1.807) is 36.7 Å². The number of aromatic nitrogens is 1. The Kier molecular flexibility index (Phi) is 8.34. The fourth-order valence-corrected chi connectivity index (χ4v) is 2.92. The average Bonchev–Trinajstić information content (AvgIpc) is 2.70. The molecule has 0 unspecified atom stereocenters. The van der Waals surface area contributed by atoms with Crippen molar-refractivity contribution in [1.29, 1.82) is 0 Å². The molecule has 0 aliphatic rings. The topological polar surface area (TPSA) is 114 Å². The van der Waals surface area contributed by atoms with E-state index in [9.17, 15) is 14.4 Å². The number of amides is 3. The first-order chi connectivity index (χ1) is 14.3. The Hall–Kier alpha value is -3.42. The summed E-state index contributed by atoms with van der Waals surface area (Å²) in [5.41, 5.74) is 6.78. The molecule has 0 aliphatic heterocycles. The summed E-state index contributed by atoms with van der Waals surface area (Å²) < 4.78 is 6.80. The molecule has 0 saturated carbocycles. The predicted octanol–water partition coefficient (Wildman–Crippen LogP) is 1.53. The summed E-state index contributed by atoms with van der Waals surface area (Å²) >= 11 is 0. The number of hydrogen-bond acceptors (Lipinski definition) is 4. The Morgan fingerprint density at radius 1 is 1.03 bits per heavy atom. The maximum atomic E-state index is 12.4. The summed E-state index contributed by atoms with van der Waals surface area (Å²) in [5.74, 6) is -1.15. The van der Waals surface area contributed by atoms with Crippen LogP contribution in [0.1, 0.15) is 36.7 Å². The molecule has 8 nitrogen and oxygen atoms in total. The van der Waals surface area contributed by atoms with Gasteiger partial charge in [-0.15, -0.1) is 0 Å². The van der Waals surface area contributed by atoms with Gasteiger partial charge in [-0.25, -0.2) is 4.79 Å². The molecule has 30 heavy (non-hydrogen) atoms. The van der Waals surface area contributed by atoms with Gasteiger partial charge < -0.3 is 21.1 Å². The third kappa shape index (κ3) is 7.20. The molecule has 2 aromatic rings. The Bertz CT molecular complexity index is 870. The van der Waals surface area contributed by atoms with Crippen LogP contribution in [0.25, 0.3) is 0 Å². The maximum Gasteiger partial charge on any atom is 0.412 e. The van der Waals surface area contributed by atoms with Gasteiger partial charge in [0.25, 0.3) is 12.6 Å². The number of carbonyl (C=O) groups is 3. The number of primary amides is 1. The van der Waals surface area contributed by atoms with Crippen molar-refractivity contribution in [2.24, 2.45) is 11.7 Å². The van der Waals surface area contributed by atoms with Crippen LogP contribution >= 0.6 is 0 Å². The largest absolute Gasteiger partial charge is 0.412 e. The molecular formula is C22H29N4O4+. The highest BCUT2D eigenvalue weighted by atomic mass is 16.6. The van der Waals surface area contributed by atoms with Crippen LogP contribution in [0.15, 0.2) is 54.9 Å². The van der Waals surface area contributed by atoms with E-state index in [4.69, 9.17) is 10.5 Å². The Morgan fingerprint density at radius 3 is 2.37 bits per heavy atom. The second-order valence-electron chi connectivity index (χ2n) is 7.50.